The molecule has 1 atom stereocenters. The van der Waals surface area contributed by atoms with Gasteiger partial charge in [0.15, 0.2) is 0 Å². The van der Waals surface area contributed by atoms with Gasteiger partial charge in [-0.25, -0.2) is 4.98 Å². The standard InChI is InChI=1S/C12H16N2OS/c1-10(12(15)14-8-4-5-9-14)16-11-6-2-3-7-13-11/h2-3,6-7,10H,4-5,8-9H2,1H3. The highest BCUT2D eigenvalue weighted by molar-refractivity contribution is 8.00. The van der Waals surface area contributed by atoms with Gasteiger partial charge >= 0.3 is 0 Å². The van der Waals surface area contributed by atoms with Gasteiger partial charge in [-0.3, -0.25) is 4.79 Å². The van der Waals surface area contributed by atoms with Crippen molar-refractivity contribution in [3.8, 4) is 0 Å². The van der Waals surface area contributed by atoms with Gasteiger partial charge in [0.2, 0.25) is 5.91 Å². The van der Waals surface area contributed by atoms with Crippen LogP contribution in [0.5, 0.6) is 0 Å². The maximum absolute atomic E-state index is 12.0. The largest absolute Gasteiger partial charge is 0.342 e. The molecular formula is C12H16N2OS. The van der Waals surface area contributed by atoms with Gasteiger partial charge in [-0.2, -0.15) is 0 Å². The van der Waals surface area contributed by atoms with Crippen LogP contribution in [-0.2, 0) is 4.79 Å². The van der Waals surface area contributed by atoms with Crippen molar-refractivity contribution in [2.45, 2.75) is 30.0 Å². The summed E-state index contributed by atoms with van der Waals surface area (Å²) in [5.74, 6) is 0.244. The van der Waals surface area contributed by atoms with Crippen LogP contribution in [-0.4, -0.2) is 34.1 Å². The number of likely N-dealkylation sites (tertiary alicyclic amines) is 1. The molecule has 1 aliphatic heterocycles. The molecule has 1 aromatic rings. The Morgan fingerprint density at radius 1 is 1.44 bits per heavy atom. The highest BCUT2D eigenvalue weighted by Crippen LogP contribution is 2.23. The summed E-state index contributed by atoms with van der Waals surface area (Å²) in [5.41, 5.74) is 0. The third kappa shape index (κ3) is 2.76. The molecule has 1 amide bonds. The van der Waals surface area contributed by atoms with Crippen LogP contribution < -0.4 is 0 Å². The molecule has 86 valence electrons. The molecule has 0 aliphatic carbocycles. The first-order valence-electron chi connectivity index (χ1n) is 5.64. The number of amides is 1. The van der Waals surface area contributed by atoms with E-state index in [1.807, 2.05) is 30.0 Å². The summed E-state index contributed by atoms with van der Waals surface area (Å²) in [6, 6.07) is 5.78. The van der Waals surface area contributed by atoms with Gasteiger partial charge in [-0.1, -0.05) is 17.8 Å². The lowest BCUT2D eigenvalue weighted by Crippen LogP contribution is -2.34. The predicted molar refractivity (Wildman–Crippen MR) is 65.4 cm³/mol. The van der Waals surface area contributed by atoms with Crippen LogP contribution in [0.15, 0.2) is 29.4 Å². The summed E-state index contributed by atoms with van der Waals surface area (Å²) in [4.78, 5) is 18.2. The van der Waals surface area contributed by atoms with Crippen molar-refractivity contribution in [3.05, 3.63) is 24.4 Å². The van der Waals surface area contributed by atoms with Crippen LogP contribution in [0.4, 0.5) is 0 Å². The number of thioether (sulfide) groups is 1. The quantitative estimate of drug-likeness (QED) is 0.754. The SMILES string of the molecule is CC(Sc1ccccn1)C(=O)N1CCCC1. The van der Waals surface area contributed by atoms with Crippen LogP contribution in [0.1, 0.15) is 19.8 Å². The third-order valence-corrected chi connectivity index (χ3v) is 3.74. The average Bonchev–Trinajstić information content (AvgIpc) is 2.83. The van der Waals surface area contributed by atoms with Crippen molar-refractivity contribution in [2.75, 3.05) is 13.1 Å². The van der Waals surface area contributed by atoms with E-state index in [4.69, 9.17) is 0 Å². The Bertz CT molecular complexity index is 349. The van der Waals surface area contributed by atoms with E-state index in [2.05, 4.69) is 4.98 Å². The summed E-state index contributed by atoms with van der Waals surface area (Å²) in [6.45, 7) is 3.80. The Hall–Kier alpha value is -1.03. The molecule has 0 aromatic carbocycles. The number of rotatable bonds is 3. The lowest BCUT2D eigenvalue weighted by Gasteiger charge is -2.19. The van der Waals surface area contributed by atoms with Gasteiger partial charge in [0.25, 0.3) is 0 Å². The molecule has 1 fully saturated rings. The lowest BCUT2D eigenvalue weighted by molar-refractivity contribution is -0.129. The normalized spacial score (nSPS) is 17.4. The molecule has 0 N–H and O–H groups in total. The van der Waals surface area contributed by atoms with Crippen LogP contribution in [0.2, 0.25) is 0 Å². The Kier molecular flexibility index (Phi) is 3.83. The molecular weight excluding hydrogens is 220 g/mol. The van der Waals surface area contributed by atoms with E-state index in [-0.39, 0.29) is 11.2 Å². The molecule has 2 rings (SSSR count). The number of carbonyl (C=O) groups is 1. The molecule has 2 heterocycles. The molecule has 1 aliphatic rings. The fourth-order valence-corrected chi connectivity index (χ4v) is 2.73. The number of carbonyl (C=O) groups excluding carboxylic acids is 1. The van der Waals surface area contributed by atoms with E-state index in [1.54, 1.807) is 6.20 Å². The number of hydrogen-bond acceptors (Lipinski definition) is 3. The van der Waals surface area contributed by atoms with Crippen molar-refractivity contribution in [1.29, 1.82) is 0 Å². The first-order valence-corrected chi connectivity index (χ1v) is 6.52. The van der Waals surface area contributed by atoms with Gasteiger partial charge in [0, 0.05) is 19.3 Å². The van der Waals surface area contributed by atoms with Crippen LogP contribution in [0, 0.1) is 0 Å². The second-order valence-electron chi connectivity index (χ2n) is 3.96. The van der Waals surface area contributed by atoms with E-state index in [9.17, 15) is 4.79 Å². The topological polar surface area (TPSA) is 33.2 Å². The molecule has 16 heavy (non-hydrogen) atoms. The average molecular weight is 236 g/mol. The molecule has 4 heteroatoms. The molecule has 3 nitrogen and oxygen atoms in total. The van der Waals surface area contributed by atoms with Gasteiger partial charge < -0.3 is 4.90 Å². The zero-order valence-electron chi connectivity index (χ0n) is 9.43. The molecule has 0 spiro atoms. The highest BCUT2D eigenvalue weighted by atomic mass is 32.2. The van der Waals surface area contributed by atoms with Crippen molar-refractivity contribution >= 4 is 17.7 Å². The van der Waals surface area contributed by atoms with E-state index in [0.717, 1.165) is 31.0 Å². The molecule has 0 bridgehead atoms. The molecule has 0 radical (unpaired) electrons. The molecule has 1 aromatic heterocycles. The Morgan fingerprint density at radius 2 is 2.19 bits per heavy atom. The Labute approximate surface area is 100 Å². The third-order valence-electron chi connectivity index (χ3n) is 2.70. The maximum Gasteiger partial charge on any atom is 0.235 e. The molecule has 1 saturated heterocycles. The van der Waals surface area contributed by atoms with E-state index in [0.29, 0.717) is 0 Å². The molecule has 0 saturated carbocycles. The van der Waals surface area contributed by atoms with Gasteiger partial charge in [0.05, 0.1) is 10.3 Å². The highest BCUT2D eigenvalue weighted by Gasteiger charge is 2.23. The Morgan fingerprint density at radius 3 is 2.81 bits per heavy atom. The fourth-order valence-electron chi connectivity index (χ4n) is 1.84. The van der Waals surface area contributed by atoms with Crippen molar-refractivity contribution in [2.24, 2.45) is 0 Å². The second-order valence-corrected chi connectivity index (χ2v) is 5.32. The first kappa shape index (κ1) is 11.5. The first-order chi connectivity index (χ1) is 7.77. The summed E-state index contributed by atoms with van der Waals surface area (Å²) >= 11 is 1.54. The summed E-state index contributed by atoms with van der Waals surface area (Å²) in [5, 5.41) is 0.885. The van der Waals surface area contributed by atoms with Crippen molar-refractivity contribution in [1.82, 2.24) is 9.88 Å². The minimum atomic E-state index is -0.0343. The van der Waals surface area contributed by atoms with Gasteiger partial charge in [0.1, 0.15) is 0 Å². The zero-order valence-corrected chi connectivity index (χ0v) is 10.2. The van der Waals surface area contributed by atoms with Crippen LogP contribution in [0.3, 0.4) is 0 Å². The zero-order chi connectivity index (χ0) is 11.4. The monoisotopic (exact) mass is 236 g/mol. The summed E-state index contributed by atoms with van der Waals surface area (Å²) in [7, 11) is 0. The predicted octanol–water partition coefficient (Wildman–Crippen LogP) is 2.18. The number of nitrogens with zero attached hydrogens (tertiary/aromatic N) is 2. The Balaban J connectivity index is 1.92. The van der Waals surface area contributed by atoms with Crippen LogP contribution >= 0.6 is 11.8 Å². The number of hydrogen-bond donors (Lipinski definition) is 0. The maximum atomic E-state index is 12.0. The number of pyridine rings is 1. The van der Waals surface area contributed by atoms with E-state index < -0.39 is 0 Å². The second kappa shape index (κ2) is 5.34. The number of aromatic nitrogens is 1. The fraction of sp³-hybridized carbons (Fsp3) is 0.500. The summed E-state index contributed by atoms with van der Waals surface area (Å²) in [6.07, 6.45) is 4.05. The lowest BCUT2D eigenvalue weighted by atomic mass is 10.4. The van der Waals surface area contributed by atoms with E-state index in [1.165, 1.54) is 11.8 Å². The smallest absolute Gasteiger partial charge is 0.235 e. The van der Waals surface area contributed by atoms with Crippen molar-refractivity contribution in [3.63, 3.8) is 0 Å². The van der Waals surface area contributed by atoms with Crippen LogP contribution in [0.25, 0.3) is 0 Å². The van der Waals surface area contributed by atoms with Gasteiger partial charge in [-0.15, -0.1) is 0 Å². The van der Waals surface area contributed by atoms with Crippen molar-refractivity contribution < 1.29 is 4.79 Å². The minimum absolute atomic E-state index is 0.0343. The summed E-state index contributed by atoms with van der Waals surface area (Å²) < 4.78 is 0. The van der Waals surface area contributed by atoms with Gasteiger partial charge in [-0.05, 0) is 31.9 Å². The molecule has 1 unspecified atom stereocenters. The minimum Gasteiger partial charge on any atom is -0.342 e. The van der Waals surface area contributed by atoms with E-state index >= 15 is 0 Å².